The van der Waals surface area contributed by atoms with Crippen molar-refractivity contribution in [1.29, 1.82) is 0 Å². The van der Waals surface area contributed by atoms with E-state index in [1.54, 1.807) is 14.0 Å². The Hall–Kier alpha value is -1.22. The smallest absolute Gasteiger partial charge is 0.186 e. The minimum atomic E-state index is 0.150. The second kappa shape index (κ2) is 6.50. The first-order valence-electron chi connectivity index (χ1n) is 5.49. The van der Waals surface area contributed by atoms with Crippen molar-refractivity contribution in [3.05, 3.63) is 34.9 Å². The Bertz CT molecular complexity index is 413. The van der Waals surface area contributed by atoms with Crippen molar-refractivity contribution in [2.45, 2.75) is 20.8 Å². The molecular formula is C14H18O2S. The lowest BCUT2D eigenvalue weighted by atomic mass is 10.1. The molecule has 0 heterocycles. The van der Waals surface area contributed by atoms with Crippen LogP contribution in [0.5, 0.6) is 5.75 Å². The number of ether oxygens (including phenoxy) is 1. The van der Waals surface area contributed by atoms with Crippen molar-refractivity contribution in [1.82, 2.24) is 0 Å². The standard InChI is InChI=1S/C14H18O2S/c1-10-8-13(6-5-7-17-12(3)15)9-11(2)14(10)16-4/h5-6,8-9H,7H2,1-4H3. The fraction of sp³-hybridized carbons (Fsp3) is 0.357. The first-order chi connectivity index (χ1) is 8.04. The zero-order valence-corrected chi connectivity index (χ0v) is 11.6. The minimum Gasteiger partial charge on any atom is -0.496 e. The Kier molecular flexibility index (Phi) is 5.29. The molecule has 0 aliphatic heterocycles. The van der Waals surface area contributed by atoms with E-state index < -0.39 is 0 Å². The number of carbonyl (C=O) groups excluding carboxylic acids is 1. The third-order valence-electron chi connectivity index (χ3n) is 2.38. The van der Waals surface area contributed by atoms with Gasteiger partial charge in [-0.15, -0.1) is 0 Å². The van der Waals surface area contributed by atoms with E-state index in [1.165, 1.54) is 11.8 Å². The molecule has 1 aromatic rings. The molecule has 0 N–H and O–H groups in total. The Labute approximate surface area is 107 Å². The van der Waals surface area contributed by atoms with Gasteiger partial charge in [-0.3, -0.25) is 4.79 Å². The van der Waals surface area contributed by atoms with Crippen LogP contribution in [0.15, 0.2) is 18.2 Å². The second-order valence-electron chi connectivity index (χ2n) is 3.89. The zero-order chi connectivity index (χ0) is 12.8. The molecule has 3 heteroatoms. The van der Waals surface area contributed by atoms with E-state index in [1.807, 2.05) is 26.0 Å². The normalized spacial score (nSPS) is 10.8. The summed E-state index contributed by atoms with van der Waals surface area (Å²) in [6.45, 7) is 5.65. The van der Waals surface area contributed by atoms with Crippen molar-refractivity contribution in [3.63, 3.8) is 0 Å². The number of hydrogen-bond donors (Lipinski definition) is 0. The summed E-state index contributed by atoms with van der Waals surface area (Å²) < 4.78 is 5.31. The third kappa shape index (κ3) is 4.27. The molecule has 0 atom stereocenters. The van der Waals surface area contributed by atoms with E-state index in [0.717, 1.165) is 28.2 Å². The number of benzene rings is 1. The Morgan fingerprint density at radius 2 is 1.94 bits per heavy atom. The number of carbonyl (C=O) groups is 1. The van der Waals surface area contributed by atoms with Crippen LogP contribution >= 0.6 is 11.8 Å². The highest BCUT2D eigenvalue weighted by molar-refractivity contribution is 8.13. The molecule has 0 saturated carbocycles. The summed E-state index contributed by atoms with van der Waals surface area (Å²) in [6, 6.07) is 4.17. The van der Waals surface area contributed by atoms with Crippen LogP contribution in [0.2, 0.25) is 0 Å². The van der Waals surface area contributed by atoms with Gasteiger partial charge in [-0.05, 0) is 42.7 Å². The average Bonchev–Trinajstić information content (AvgIpc) is 2.24. The van der Waals surface area contributed by atoms with Crippen LogP contribution in [0.1, 0.15) is 23.6 Å². The van der Waals surface area contributed by atoms with Gasteiger partial charge in [-0.1, -0.05) is 23.9 Å². The summed E-state index contributed by atoms with van der Waals surface area (Å²) in [5.74, 6) is 1.67. The summed E-state index contributed by atoms with van der Waals surface area (Å²) in [4.78, 5) is 10.8. The average molecular weight is 250 g/mol. The number of hydrogen-bond acceptors (Lipinski definition) is 3. The predicted octanol–water partition coefficient (Wildman–Crippen LogP) is 3.60. The van der Waals surface area contributed by atoms with Crippen LogP contribution in [-0.4, -0.2) is 18.0 Å². The molecule has 0 aliphatic rings. The number of thioether (sulfide) groups is 1. The van der Waals surface area contributed by atoms with Crippen molar-refractivity contribution in [2.75, 3.05) is 12.9 Å². The van der Waals surface area contributed by atoms with Crippen LogP contribution < -0.4 is 4.74 Å². The van der Waals surface area contributed by atoms with Gasteiger partial charge in [-0.25, -0.2) is 0 Å². The van der Waals surface area contributed by atoms with E-state index in [9.17, 15) is 4.79 Å². The molecule has 17 heavy (non-hydrogen) atoms. The molecule has 0 aliphatic carbocycles. The molecule has 2 nitrogen and oxygen atoms in total. The first-order valence-corrected chi connectivity index (χ1v) is 6.48. The molecule has 0 saturated heterocycles. The lowest BCUT2D eigenvalue weighted by Gasteiger charge is -2.09. The largest absolute Gasteiger partial charge is 0.496 e. The fourth-order valence-electron chi connectivity index (χ4n) is 1.75. The number of methoxy groups -OCH3 is 1. The number of aryl methyl sites for hydroxylation is 2. The highest BCUT2D eigenvalue weighted by Crippen LogP contribution is 2.24. The van der Waals surface area contributed by atoms with Gasteiger partial charge in [0.05, 0.1) is 7.11 Å². The third-order valence-corrected chi connectivity index (χ3v) is 3.15. The van der Waals surface area contributed by atoms with Crippen LogP contribution in [0.4, 0.5) is 0 Å². The van der Waals surface area contributed by atoms with Gasteiger partial charge >= 0.3 is 0 Å². The quantitative estimate of drug-likeness (QED) is 0.816. The van der Waals surface area contributed by atoms with Crippen molar-refractivity contribution >= 4 is 23.0 Å². The van der Waals surface area contributed by atoms with Gasteiger partial charge in [0, 0.05) is 12.7 Å². The zero-order valence-electron chi connectivity index (χ0n) is 10.7. The molecule has 0 radical (unpaired) electrons. The monoisotopic (exact) mass is 250 g/mol. The summed E-state index contributed by atoms with van der Waals surface area (Å²) in [5.41, 5.74) is 3.41. The molecule has 92 valence electrons. The molecule has 0 unspecified atom stereocenters. The molecular weight excluding hydrogens is 232 g/mol. The summed E-state index contributed by atoms with van der Waals surface area (Å²) >= 11 is 1.32. The fourth-order valence-corrected chi connectivity index (χ4v) is 2.18. The summed E-state index contributed by atoms with van der Waals surface area (Å²) in [7, 11) is 1.69. The first kappa shape index (κ1) is 13.8. The Morgan fingerprint density at radius 3 is 2.41 bits per heavy atom. The van der Waals surface area contributed by atoms with Crippen molar-refractivity contribution in [3.8, 4) is 5.75 Å². The van der Waals surface area contributed by atoms with Crippen LogP contribution in [0.25, 0.3) is 6.08 Å². The summed E-state index contributed by atoms with van der Waals surface area (Å²) in [5, 5.41) is 0.150. The van der Waals surface area contributed by atoms with E-state index in [2.05, 4.69) is 12.1 Å². The SMILES string of the molecule is COc1c(C)cc(C=CCSC(C)=O)cc1C. The van der Waals surface area contributed by atoms with Gasteiger partial charge < -0.3 is 4.74 Å². The molecule has 0 bridgehead atoms. The summed E-state index contributed by atoms with van der Waals surface area (Å²) in [6.07, 6.45) is 4.04. The molecule has 1 rings (SSSR count). The maximum Gasteiger partial charge on any atom is 0.186 e. The molecule has 0 fully saturated rings. The minimum absolute atomic E-state index is 0.150. The van der Waals surface area contributed by atoms with Crippen LogP contribution in [0.3, 0.4) is 0 Å². The number of rotatable bonds is 4. The van der Waals surface area contributed by atoms with Gasteiger partial charge in [0.25, 0.3) is 0 Å². The molecule has 0 aromatic heterocycles. The Balaban J connectivity index is 2.76. The van der Waals surface area contributed by atoms with Crippen LogP contribution in [-0.2, 0) is 4.79 Å². The Morgan fingerprint density at radius 1 is 1.35 bits per heavy atom. The van der Waals surface area contributed by atoms with Gasteiger partial charge in [0.1, 0.15) is 5.75 Å². The molecule has 1 aromatic carbocycles. The van der Waals surface area contributed by atoms with Crippen molar-refractivity contribution < 1.29 is 9.53 Å². The van der Waals surface area contributed by atoms with E-state index in [4.69, 9.17) is 4.74 Å². The van der Waals surface area contributed by atoms with Crippen molar-refractivity contribution in [2.24, 2.45) is 0 Å². The van der Waals surface area contributed by atoms with Crippen LogP contribution in [0, 0.1) is 13.8 Å². The van der Waals surface area contributed by atoms with Gasteiger partial charge in [0.2, 0.25) is 0 Å². The maximum atomic E-state index is 10.8. The predicted molar refractivity (Wildman–Crippen MR) is 74.6 cm³/mol. The maximum absolute atomic E-state index is 10.8. The van der Waals surface area contributed by atoms with Gasteiger partial charge in [0.15, 0.2) is 5.12 Å². The molecule has 0 spiro atoms. The van der Waals surface area contributed by atoms with E-state index >= 15 is 0 Å². The second-order valence-corrected chi connectivity index (χ2v) is 5.09. The van der Waals surface area contributed by atoms with Gasteiger partial charge in [-0.2, -0.15) is 0 Å². The highest BCUT2D eigenvalue weighted by atomic mass is 32.2. The topological polar surface area (TPSA) is 26.3 Å². The highest BCUT2D eigenvalue weighted by Gasteiger charge is 2.03. The lowest BCUT2D eigenvalue weighted by molar-refractivity contribution is -0.109. The van der Waals surface area contributed by atoms with E-state index in [-0.39, 0.29) is 5.12 Å². The van der Waals surface area contributed by atoms with E-state index in [0.29, 0.717) is 0 Å². The lowest BCUT2D eigenvalue weighted by Crippen LogP contribution is -1.91. The molecule has 0 amide bonds.